The normalized spacial score (nSPS) is 11.2. The summed E-state index contributed by atoms with van der Waals surface area (Å²) in [6, 6.07) is 10.1. The lowest BCUT2D eigenvalue weighted by Crippen LogP contribution is -2.20. The number of hydrogen-bond acceptors (Lipinski definition) is 7. The number of nitrogen functional groups attached to an aromatic ring is 1. The van der Waals surface area contributed by atoms with Crippen LogP contribution in [0.3, 0.4) is 0 Å². The number of hydrogen-bond donors (Lipinski definition) is 1. The number of pyridine rings is 1. The minimum Gasteiger partial charge on any atom is -0.489 e. The van der Waals surface area contributed by atoms with Gasteiger partial charge in [0.05, 0.1) is 5.56 Å². The van der Waals surface area contributed by atoms with Gasteiger partial charge in [0, 0.05) is 18.3 Å². The fourth-order valence-corrected chi connectivity index (χ4v) is 3.11. The molecule has 33 heavy (non-hydrogen) atoms. The highest BCUT2D eigenvalue weighted by molar-refractivity contribution is 5.76. The number of halogens is 3. The molecular weight excluding hydrogens is 435 g/mol. The molecule has 0 atom stereocenters. The van der Waals surface area contributed by atoms with Crippen molar-refractivity contribution in [3.8, 4) is 34.0 Å². The quantitative estimate of drug-likeness (QED) is 0.457. The summed E-state index contributed by atoms with van der Waals surface area (Å²) in [6.45, 7) is 0.730. The van der Waals surface area contributed by atoms with Gasteiger partial charge < -0.3 is 15.4 Å². The monoisotopic (exact) mass is 455 g/mol. The Labute approximate surface area is 187 Å². The van der Waals surface area contributed by atoms with E-state index in [4.69, 9.17) is 10.5 Å². The zero-order chi connectivity index (χ0) is 23.5. The number of anilines is 1. The van der Waals surface area contributed by atoms with Crippen LogP contribution in [0.25, 0.3) is 28.2 Å². The Kier molecular flexibility index (Phi) is 6.22. The number of likely N-dealkylation sites (N-methyl/N-ethyl adjacent to an activating group) is 1. The molecule has 2 aromatic carbocycles. The number of benzene rings is 2. The molecule has 0 aliphatic carbocycles. The van der Waals surface area contributed by atoms with Gasteiger partial charge >= 0.3 is 0 Å². The van der Waals surface area contributed by atoms with Crippen molar-refractivity contribution < 1.29 is 17.9 Å². The lowest BCUT2D eigenvalue weighted by Gasteiger charge is -2.13. The predicted octanol–water partition coefficient (Wildman–Crippen LogP) is 3.33. The van der Waals surface area contributed by atoms with E-state index >= 15 is 0 Å². The Hall–Kier alpha value is -3.99. The first-order valence-corrected chi connectivity index (χ1v) is 9.91. The molecular formula is C22H20F3N7O. The van der Waals surface area contributed by atoms with Crippen molar-refractivity contribution in [2.24, 2.45) is 0 Å². The third-order valence-electron chi connectivity index (χ3n) is 4.86. The molecule has 4 aromatic rings. The van der Waals surface area contributed by atoms with Crippen molar-refractivity contribution in [1.29, 1.82) is 0 Å². The zero-order valence-corrected chi connectivity index (χ0v) is 17.8. The number of nitrogens with two attached hydrogens (primary N) is 1. The molecule has 0 aliphatic heterocycles. The highest BCUT2D eigenvalue weighted by atomic mass is 19.2. The highest BCUT2D eigenvalue weighted by Gasteiger charge is 2.22. The maximum absolute atomic E-state index is 14.9. The van der Waals surface area contributed by atoms with Crippen LogP contribution >= 0.6 is 0 Å². The van der Waals surface area contributed by atoms with Crippen molar-refractivity contribution in [1.82, 2.24) is 30.1 Å². The summed E-state index contributed by atoms with van der Waals surface area (Å²) in [4.78, 5) is 6.01. The third-order valence-corrected chi connectivity index (χ3v) is 4.86. The first kappa shape index (κ1) is 22.2. The minimum atomic E-state index is -1.17. The van der Waals surface area contributed by atoms with E-state index in [1.54, 1.807) is 18.2 Å². The second-order valence-electron chi connectivity index (χ2n) is 7.44. The summed E-state index contributed by atoms with van der Waals surface area (Å²) in [6.07, 6.45) is 1.51. The average molecular weight is 455 g/mol. The fourth-order valence-electron chi connectivity index (χ4n) is 3.11. The molecule has 2 aromatic heterocycles. The van der Waals surface area contributed by atoms with E-state index in [-0.39, 0.29) is 35.5 Å². The van der Waals surface area contributed by atoms with E-state index < -0.39 is 11.6 Å². The summed E-state index contributed by atoms with van der Waals surface area (Å²) in [5, 5.41) is 11.3. The topological polar surface area (TPSA) is 95.0 Å². The summed E-state index contributed by atoms with van der Waals surface area (Å²) in [5.74, 6) is -2.78. The Morgan fingerprint density at radius 3 is 2.48 bits per heavy atom. The van der Waals surface area contributed by atoms with Crippen molar-refractivity contribution in [3.05, 3.63) is 66.1 Å². The summed E-state index contributed by atoms with van der Waals surface area (Å²) in [5.41, 5.74) is 7.40. The van der Waals surface area contributed by atoms with Gasteiger partial charge in [-0.2, -0.15) is 9.07 Å². The zero-order valence-electron chi connectivity index (χ0n) is 17.8. The van der Waals surface area contributed by atoms with Crippen LogP contribution in [0, 0.1) is 17.5 Å². The van der Waals surface area contributed by atoms with Crippen LogP contribution in [0.1, 0.15) is 0 Å². The molecule has 0 saturated heterocycles. The summed E-state index contributed by atoms with van der Waals surface area (Å²) < 4.78 is 49.2. The van der Waals surface area contributed by atoms with Gasteiger partial charge in [0.25, 0.3) is 0 Å². The molecule has 0 unspecified atom stereocenters. The van der Waals surface area contributed by atoms with Gasteiger partial charge in [0.15, 0.2) is 17.4 Å². The van der Waals surface area contributed by atoms with Crippen molar-refractivity contribution in [2.45, 2.75) is 0 Å². The first-order chi connectivity index (χ1) is 15.8. The van der Waals surface area contributed by atoms with E-state index in [0.29, 0.717) is 23.2 Å². The summed E-state index contributed by atoms with van der Waals surface area (Å²) in [7, 11) is 3.68. The number of tetrazole rings is 1. The van der Waals surface area contributed by atoms with Gasteiger partial charge in [-0.05, 0) is 60.4 Å². The van der Waals surface area contributed by atoms with Crippen molar-refractivity contribution in [3.63, 3.8) is 0 Å². The van der Waals surface area contributed by atoms with Crippen LogP contribution in [0.4, 0.5) is 19.0 Å². The summed E-state index contributed by atoms with van der Waals surface area (Å²) >= 11 is 0. The van der Waals surface area contributed by atoms with E-state index in [9.17, 15) is 13.2 Å². The fraction of sp³-hybridized carbons (Fsp3) is 0.182. The molecule has 0 bridgehead atoms. The lowest BCUT2D eigenvalue weighted by molar-refractivity contribution is 0.249. The van der Waals surface area contributed by atoms with E-state index in [1.807, 2.05) is 19.0 Å². The molecule has 0 radical (unpaired) electrons. The Morgan fingerprint density at radius 1 is 1.00 bits per heavy atom. The van der Waals surface area contributed by atoms with Gasteiger partial charge in [-0.3, -0.25) is 0 Å². The number of nitrogens with zero attached hydrogens (tertiary/aromatic N) is 6. The van der Waals surface area contributed by atoms with Crippen LogP contribution in [0.5, 0.6) is 5.75 Å². The standard InChI is InChI=1S/C22H20F3N7O/c1-31(2)9-10-33-18-8-7-17(19(24)20(18)25)32-22(28-29-30-32)16-11-14(12-27-21(16)26)13-3-5-15(23)6-4-13/h3-8,11-12H,9-10H2,1-2H3,(H2,26,27). The second kappa shape index (κ2) is 9.25. The molecule has 0 spiro atoms. The van der Waals surface area contributed by atoms with E-state index in [2.05, 4.69) is 20.5 Å². The van der Waals surface area contributed by atoms with Crippen LogP contribution in [-0.4, -0.2) is 57.3 Å². The average Bonchev–Trinajstić information content (AvgIpc) is 3.27. The molecule has 4 rings (SSSR count). The minimum absolute atomic E-state index is 0.0588. The maximum Gasteiger partial charge on any atom is 0.202 e. The largest absolute Gasteiger partial charge is 0.489 e. The molecule has 170 valence electrons. The van der Waals surface area contributed by atoms with Crippen LogP contribution in [0.15, 0.2) is 48.7 Å². The number of rotatable bonds is 7. The van der Waals surface area contributed by atoms with Crippen LogP contribution in [-0.2, 0) is 0 Å². The van der Waals surface area contributed by atoms with Crippen LogP contribution < -0.4 is 10.5 Å². The molecule has 2 N–H and O–H groups in total. The molecule has 0 amide bonds. The number of ether oxygens (including phenoxy) is 1. The smallest absolute Gasteiger partial charge is 0.202 e. The maximum atomic E-state index is 14.9. The van der Waals surface area contributed by atoms with Crippen LogP contribution in [0.2, 0.25) is 0 Å². The molecule has 8 nitrogen and oxygen atoms in total. The third kappa shape index (κ3) is 4.62. The van der Waals surface area contributed by atoms with E-state index in [1.165, 1.54) is 30.5 Å². The Balaban J connectivity index is 1.71. The SMILES string of the molecule is CN(C)CCOc1ccc(-n2nnnc2-c2cc(-c3ccc(F)cc3)cnc2N)c(F)c1F. The van der Waals surface area contributed by atoms with Gasteiger partial charge in [-0.1, -0.05) is 12.1 Å². The van der Waals surface area contributed by atoms with Gasteiger partial charge in [0.2, 0.25) is 5.82 Å². The highest BCUT2D eigenvalue weighted by Crippen LogP contribution is 2.31. The Bertz CT molecular complexity index is 1280. The molecule has 2 heterocycles. The lowest BCUT2D eigenvalue weighted by atomic mass is 10.1. The van der Waals surface area contributed by atoms with Gasteiger partial charge in [0.1, 0.15) is 23.9 Å². The molecule has 0 saturated carbocycles. The molecule has 11 heteroatoms. The molecule has 0 aliphatic rings. The number of aromatic nitrogens is 5. The molecule has 0 fully saturated rings. The van der Waals surface area contributed by atoms with Gasteiger partial charge in [-0.25, -0.2) is 13.8 Å². The van der Waals surface area contributed by atoms with E-state index in [0.717, 1.165) is 4.68 Å². The van der Waals surface area contributed by atoms with Gasteiger partial charge in [-0.15, -0.1) is 5.10 Å². The first-order valence-electron chi connectivity index (χ1n) is 9.91. The predicted molar refractivity (Wildman–Crippen MR) is 116 cm³/mol. The Morgan fingerprint density at radius 2 is 1.76 bits per heavy atom. The second-order valence-corrected chi connectivity index (χ2v) is 7.44. The van der Waals surface area contributed by atoms with Crippen molar-refractivity contribution in [2.75, 3.05) is 33.0 Å². The van der Waals surface area contributed by atoms with Crippen molar-refractivity contribution >= 4 is 5.82 Å².